The molecule has 6 atom stereocenters. The van der Waals surface area contributed by atoms with Gasteiger partial charge in [0.05, 0.1) is 12.2 Å². The van der Waals surface area contributed by atoms with Crippen LogP contribution in [0.1, 0.15) is 12.8 Å². The van der Waals surface area contributed by atoms with Crippen molar-refractivity contribution >= 4 is 0 Å². The third-order valence-electron chi connectivity index (χ3n) is 3.95. The molecule has 2 unspecified atom stereocenters. The fourth-order valence-electron chi connectivity index (χ4n) is 3.54. The largest absolute Gasteiger partial charge is 0.393 e. The quantitative estimate of drug-likeness (QED) is 0.516. The molecule has 0 aromatic rings. The molecule has 0 saturated heterocycles. The number of hydrogen-bond acceptors (Lipinski definition) is 2. The molecule has 2 fully saturated rings. The standard InChI is InChI=1S/C10H14O2/c11-7-3-5-1-2-6-4-8(12)10(7)9(5)6/h1-2,5-12H,3-4H2/t5-,6+,7-,8+,9?,10?. The number of aliphatic hydroxyl groups is 2. The maximum absolute atomic E-state index is 9.70. The van der Waals surface area contributed by atoms with E-state index >= 15 is 0 Å². The lowest BCUT2D eigenvalue weighted by Crippen LogP contribution is -2.25. The summed E-state index contributed by atoms with van der Waals surface area (Å²) in [5.74, 6) is 1.87. The van der Waals surface area contributed by atoms with E-state index in [-0.39, 0.29) is 18.1 Å². The van der Waals surface area contributed by atoms with Crippen LogP contribution in [0, 0.1) is 23.7 Å². The second kappa shape index (κ2) is 2.12. The zero-order valence-electron chi connectivity index (χ0n) is 6.93. The molecule has 3 rings (SSSR count). The number of hydrogen-bond donors (Lipinski definition) is 2. The summed E-state index contributed by atoms with van der Waals surface area (Å²) < 4.78 is 0. The van der Waals surface area contributed by atoms with Crippen LogP contribution in [-0.2, 0) is 0 Å². The zero-order valence-corrected chi connectivity index (χ0v) is 6.93. The summed E-state index contributed by atoms with van der Waals surface area (Å²) in [7, 11) is 0. The molecule has 0 aliphatic heterocycles. The SMILES string of the molecule is O[C@@H]1C[C@H]2C=C[C@H]3C[C@H](O)C1C23. The Morgan fingerprint density at radius 3 is 1.83 bits per heavy atom. The molecule has 3 aliphatic carbocycles. The first-order valence-corrected chi connectivity index (χ1v) is 4.82. The van der Waals surface area contributed by atoms with Crippen LogP contribution in [0.25, 0.3) is 0 Å². The second-order valence-electron chi connectivity index (χ2n) is 4.47. The maximum Gasteiger partial charge on any atom is 0.0601 e. The van der Waals surface area contributed by atoms with Crippen LogP contribution >= 0.6 is 0 Å². The summed E-state index contributed by atoms with van der Waals surface area (Å²) in [6.45, 7) is 0. The average Bonchev–Trinajstić information content (AvgIpc) is 2.57. The van der Waals surface area contributed by atoms with Gasteiger partial charge in [-0.15, -0.1) is 0 Å². The molecular formula is C10H14O2. The predicted octanol–water partition coefficient (Wildman–Crippen LogP) is 0.550. The summed E-state index contributed by atoms with van der Waals surface area (Å²) in [5.41, 5.74) is 0. The van der Waals surface area contributed by atoms with E-state index in [9.17, 15) is 10.2 Å². The van der Waals surface area contributed by atoms with E-state index in [1.807, 2.05) is 0 Å². The van der Waals surface area contributed by atoms with Gasteiger partial charge in [-0.05, 0) is 30.6 Å². The number of rotatable bonds is 0. The van der Waals surface area contributed by atoms with Crippen LogP contribution in [-0.4, -0.2) is 22.4 Å². The van der Waals surface area contributed by atoms with E-state index in [1.54, 1.807) is 0 Å². The molecule has 2 nitrogen and oxygen atoms in total. The molecule has 2 N–H and O–H groups in total. The minimum Gasteiger partial charge on any atom is -0.393 e. The molecule has 0 amide bonds. The van der Waals surface area contributed by atoms with Crippen molar-refractivity contribution in [2.45, 2.75) is 25.0 Å². The van der Waals surface area contributed by atoms with Crippen molar-refractivity contribution in [2.75, 3.05) is 0 Å². The van der Waals surface area contributed by atoms with Crippen molar-refractivity contribution in [1.29, 1.82) is 0 Å². The Morgan fingerprint density at radius 1 is 0.833 bits per heavy atom. The highest BCUT2D eigenvalue weighted by Crippen LogP contribution is 2.55. The van der Waals surface area contributed by atoms with Gasteiger partial charge in [0.25, 0.3) is 0 Å². The minimum absolute atomic E-state index is 0.176. The summed E-state index contributed by atoms with van der Waals surface area (Å²) >= 11 is 0. The van der Waals surface area contributed by atoms with E-state index in [0.29, 0.717) is 17.8 Å². The van der Waals surface area contributed by atoms with Gasteiger partial charge in [0.1, 0.15) is 0 Å². The summed E-state index contributed by atoms with van der Waals surface area (Å²) in [4.78, 5) is 0. The Labute approximate surface area is 71.9 Å². The smallest absolute Gasteiger partial charge is 0.0601 e. The van der Waals surface area contributed by atoms with Crippen LogP contribution in [0.15, 0.2) is 12.2 Å². The molecule has 0 bridgehead atoms. The lowest BCUT2D eigenvalue weighted by molar-refractivity contribution is 0.0401. The Hall–Kier alpha value is -0.340. The van der Waals surface area contributed by atoms with Gasteiger partial charge in [-0.2, -0.15) is 0 Å². The zero-order chi connectivity index (χ0) is 8.29. The molecule has 0 spiro atoms. The molecule has 0 aromatic heterocycles. The monoisotopic (exact) mass is 166 g/mol. The molecule has 2 heteroatoms. The summed E-state index contributed by atoms with van der Waals surface area (Å²) in [6.07, 6.45) is 5.74. The van der Waals surface area contributed by atoms with Gasteiger partial charge in [-0.3, -0.25) is 0 Å². The van der Waals surface area contributed by atoms with Crippen LogP contribution in [0.5, 0.6) is 0 Å². The van der Waals surface area contributed by atoms with Crippen LogP contribution < -0.4 is 0 Å². The van der Waals surface area contributed by atoms with Crippen molar-refractivity contribution < 1.29 is 10.2 Å². The summed E-state index contributed by atoms with van der Waals surface area (Å²) in [6, 6.07) is 0. The van der Waals surface area contributed by atoms with E-state index < -0.39 is 0 Å². The van der Waals surface area contributed by atoms with Crippen molar-refractivity contribution in [3.63, 3.8) is 0 Å². The fraction of sp³-hybridized carbons (Fsp3) is 0.800. The average molecular weight is 166 g/mol. The molecule has 0 radical (unpaired) electrons. The first kappa shape index (κ1) is 7.10. The highest BCUT2D eigenvalue weighted by Gasteiger charge is 2.54. The Bertz CT molecular complexity index is 214. The van der Waals surface area contributed by atoms with Gasteiger partial charge in [-0.1, -0.05) is 12.2 Å². The van der Waals surface area contributed by atoms with Gasteiger partial charge in [0.2, 0.25) is 0 Å². The minimum atomic E-state index is -0.245. The lowest BCUT2D eigenvalue weighted by atomic mass is 9.91. The van der Waals surface area contributed by atoms with Gasteiger partial charge in [0, 0.05) is 5.92 Å². The Kier molecular flexibility index (Phi) is 1.25. The second-order valence-corrected chi connectivity index (χ2v) is 4.47. The molecule has 0 aromatic carbocycles. The fourth-order valence-corrected chi connectivity index (χ4v) is 3.54. The highest BCUT2D eigenvalue weighted by molar-refractivity contribution is 5.18. The van der Waals surface area contributed by atoms with Crippen LogP contribution in [0.3, 0.4) is 0 Å². The number of allylic oxidation sites excluding steroid dienone is 2. The van der Waals surface area contributed by atoms with Gasteiger partial charge in [0.15, 0.2) is 0 Å². The van der Waals surface area contributed by atoms with E-state index in [1.165, 1.54) is 0 Å². The molecule has 12 heavy (non-hydrogen) atoms. The normalized spacial score (nSPS) is 61.2. The van der Waals surface area contributed by atoms with Crippen molar-refractivity contribution in [3.8, 4) is 0 Å². The predicted molar refractivity (Wildman–Crippen MR) is 44.3 cm³/mol. The third-order valence-corrected chi connectivity index (χ3v) is 3.95. The third kappa shape index (κ3) is 0.679. The first-order chi connectivity index (χ1) is 5.77. The molecular weight excluding hydrogens is 152 g/mol. The lowest BCUT2D eigenvalue weighted by Gasteiger charge is -2.17. The van der Waals surface area contributed by atoms with Gasteiger partial charge in [-0.25, -0.2) is 0 Å². The Balaban J connectivity index is 1.99. The molecule has 0 heterocycles. The van der Waals surface area contributed by atoms with Crippen molar-refractivity contribution in [1.82, 2.24) is 0 Å². The Morgan fingerprint density at radius 2 is 1.33 bits per heavy atom. The first-order valence-electron chi connectivity index (χ1n) is 4.82. The van der Waals surface area contributed by atoms with E-state index in [4.69, 9.17) is 0 Å². The molecule has 2 saturated carbocycles. The van der Waals surface area contributed by atoms with Crippen LogP contribution in [0.4, 0.5) is 0 Å². The van der Waals surface area contributed by atoms with Crippen LogP contribution in [0.2, 0.25) is 0 Å². The molecule has 66 valence electrons. The van der Waals surface area contributed by atoms with Gasteiger partial charge < -0.3 is 10.2 Å². The van der Waals surface area contributed by atoms with E-state index in [0.717, 1.165) is 12.8 Å². The number of aliphatic hydroxyl groups excluding tert-OH is 2. The van der Waals surface area contributed by atoms with E-state index in [2.05, 4.69) is 12.2 Å². The highest BCUT2D eigenvalue weighted by atomic mass is 16.3. The summed E-state index contributed by atoms with van der Waals surface area (Å²) in [5, 5.41) is 19.4. The topological polar surface area (TPSA) is 40.5 Å². The van der Waals surface area contributed by atoms with Crippen molar-refractivity contribution in [3.05, 3.63) is 12.2 Å². The van der Waals surface area contributed by atoms with Crippen molar-refractivity contribution in [2.24, 2.45) is 23.7 Å². The molecule has 3 aliphatic rings. The maximum atomic E-state index is 9.70. The van der Waals surface area contributed by atoms with Gasteiger partial charge >= 0.3 is 0 Å².